The highest BCUT2D eigenvalue weighted by Crippen LogP contribution is 2.24. The Morgan fingerprint density at radius 2 is 1.51 bits per heavy atom. The summed E-state index contributed by atoms with van der Waals surface area (Å²) in [6, 6.07) is 23.3. The van der Waals surface area contributed by atoms with Gasteiger partial charge in [-0.15, -0.1) is 0 Å². The highest BCUT2D eigenvalue weighted by atomic mass is 19.1. The van der Waals surface area contributed by atoms with Crippen LogP contribution in [0.15, 0.2) is 78.9 Å². The third-order valence-electron chi connectivity index (χ3n) is 6.49. The lowest BCUT2D eigenvalue weighted by molar-refractivity contribution is 0.0530. The fraction of sp³-hybridized carbons (Fsp3) is 0.214. The first-order chi connectivity index (χ1) is 17.0. The number of benzene rings is 3. The number of ether oxygens (including phenoxy) is 1. The Hall–Kier alpha value is -4.13. The van der Waals surface area contributed by atoms with Gasteiger partial charge in [0, 0.05) is 48.2 Å². The number of rotatable bonds is 5. The number of aromatic nitrogens is 1. The van der Waals surface area contributed by atoms with Crippen LogP contribution >= 0.6 is 0 Å². The Kier molecular flexibility index (Phi) is 6.23. The maximum absolute atomic E-state index is 14.4. The topological polar surface area (TPSA) is 54.8 Å². The summed E-state index contributed by atoms with van der Waals surface area (Å²) in [5, 5.41) is 0.930. The number of carbonyl (C=O) groups is 2. The largest absolute Gasteiger partial charge is 0.497 e. The number of hydrogen-bond acceptors (Lipinski definition) is 3. The number of methoxy groups -OCH3 is 1. The summed E-state index contributed by atoms with van der Waals surface area (Å²) < 4.78 is 21.5. The molecule has 178 valence electrons. The molecule has 0 saturated carbocycles. The fourth-order valence-corrected chi connectivity index (χ4v) is 4.57. The van der Waals surface area contributed by atoms with Crippen molar-refractivity contribution >= 4 is 22.7 Å². The normalized spacial score (nSPS) is 13.8. The Labute approximate surface area is 203 Å². The number of fused-ring (bicyclic) bond motifs is 1. The van der Waals surface area contributed by atoms with Crippen LogP contribution in [0.2, 0.25) is 0 Å². The molecule has 5 rings (SSSR count). The van der Waals surface area contributed by atoms with Crippen LogP contribution in [0.1, 0.15) is 26.4 Å². The SMILES string of the molecule is COc1cccc(C(=O)N2CCN(C(=O)c3cc4ccccc4n3Cc3ccccc3F)CC2)c1. The molecule has 35 heavy (non-hydrogen) atoms. The average molecular weight is 472 g/mol. The summed E-state index contributed by atoms with van der Waals surface area (Å²) in [7, 11) is 1.57. The van der Waals surface area contributed by atoms with Gasteiger partial charge in [-0.1, -0.05) is 42.5 Å². The van der Waals surface area contributed by atoms with Crippen molar-refractivity contribution in [3.05, 3.63) is 102 Å². The molecule has 2 heterocycles. The number of amides is 2. The van der Waals surface area contributed by atoms with E-state index in [1.807, 2.05) is 34.9 Å². The van der Waals surface area contributed by atoms with Gasteiger partial charge in [-0.25, -0.2) is 4.39 Å². The molecule has 7 heteroatoms. The van der Waals surface area contributed by atoms with Gasteiger partial charge >= 0.3 is 0 Å². The van der Waals surface area contributed by atoms with E-state index in [4.69, 9.17) is 4.74 Å². The van der Waals surface area contributed by atoms with Gasteiger partial charge in [-0.05, 0) is 36.4 Å². The van der Waals surface area contributed by atoms with Crippen molar-refractivity contribution in [2.45, 2.75) is 6.54 Å². The van der Waals surface area contributed by atoms with Gasteiger partial charge in [0.25, 0.3) is 11.8 Å². The molecule has 0 radical (unpaired) electrons. The van der Waals surface area contributed by atoms with Gasteiger partial charge in [0.2, 0.25) is 0 Å². The molecule has 3 aromatic carbocycles. The minimum absolute atomic E-state index is 0.0790. The maximum atomic E-state index is 14.4. The standard InChI is InChI=1S/C28H26FN3O3/c1-35-23-10-6-9-21(17-23)27(33)30-13-15-31(16-14-30)28(34)26-18-20-7-3-5-12-25(20)32(26)19-22-8-2-4-11-24(22)29/h2-12,17-18H,13-16,19H2,1H3. The summed E-state index contributed by atoms with van der Waals surface area (Å²) >= 11 is 0. The minimum atomic E-state index is -0.298. The Morgan fingerprint density at radius 1 is 0.829 bits per heavy atom. The third-order valence-corrected chi connectivity index (χ3v) is 6.49. The van der Waals surface area contributed by atoms with Crippen molar-refractivity contribution in [3.63, 3.8) is 0 Å². The molecule has 0 N–H and O–H groups in total. The van der Waals surface area contributed by atoms with Crippen LogP contribution in [0.4, 0.5) is 4.39 Å². The second-order valence-corrected chi connectivity index (χ2v) is 8.58. The summed E-state index contributed by atoms with van der Waals surface area (Å²) in [5.41, 5.74) is 2.48. The molecular weight excluding hydrogens is 445 g/mol. The molecule has 0 atom stereocenters. The summed E-state index contributed by atoms with van der Waals surface area (Å²) in [6.07, 6.45) is 0. The van der Waals surface area contributed by atoms with Gasteiger partial charge in [0.15, 0.2) is 0 Å². The van der Waals surface area contributed by atoms with E-state index in [1.54, 1.807) is 59.4 Å². The third kappa shape index (κ3) is 4.49. The Bertz CT molecular complexity index is 1390. The molecule has 1 fully saturated rings. The van der Waals surface area contributed by atoms with E-state index in [1.165, 1.54) is 6.07 Å². The van der Waals surface area contributed by atoms with Crippen LogP contribution in [0.5, 0.6) is 5.75 Å². The molecule has 1 aliphatic heterocycles. The lowest BCUT2D eigenvalue weighted by Crippen LogP contribution is -2.50. The molecule has 1 saturated heterocycles. The van der Waals surface area contributed by atoms with Crippen LogP contribution in [0.3, 0.4) is 0 Å². The number of para-hydroxylation sites is 1. The second-order valence-electron chi connectivity index (χ2n) is 8.58. The number of carbonyl (C=O) groups excluding carboxylic acids is 2. The molecule has 1 aromatic heterocycles. The van der Waals surface area contributed by atoms with E-state index in [9.17, 15) is 14.0 Å². The van der Waals surface area contributed by atoms with E-state index in [2.05, 4.69) is 0 Å². The van der Waals surface area contributed by atoms with Gasteiger partial charge in [-0.2, -0.15) is 0 Å². The summed E-state index contributed by atoms with van der Waals surface area (Å²) in [5.74, 6) is 0.136. The van der Waals surface area contributed by atoms with Crippen LogP contribution < -0.4 is 4.74 Å². The summed E-state index contributed by atoms with van der Waals surface area (Å²) in [4.78, 5) is 30.1. The van der Waals surface area contributed by atoms with E-state index in [0.717, 1.165) is 10.9 Å². The molecule has 0 unspecified atom stereocenters. The monoisotopic (exact) mass is 471 g/mol. The van der Waals surface area contributed by atoms with Crippen LogP contribution in [-0.2, 0) is 6.54 Å². The first-order valence-corrected chi connectivity index (χ1v) is 11.6. The highest BCUT2D eigenvalue weighted by Gasteiger charge is 2.28. The molecule has 0 bridgehead atoms. The lowest BCUT2D eigenvalue weighted by atomic mass is 10.1. The van der Waals surface area contributed by atoms with Crippen LogP contribution in [0.25, 0.3) is 10.9 Å². The van der Waals surface area contributed by atoms with Crippen LogP contribution in [0, 0.1) is 5.82 Å². The zero-order chi connectivity index (χ0) is 24.4. The molecular formula is C28H26FN3O3. The summed E-state index contributed by atoms with van der Waals surface area (Å²) in [6.45, 7) is 1.99. The molecule has 1 aliphatic rings. The number of hydrogen-bond donors (Lipinski definition) is 0. The molecule has 0 aliphatic carbocycles. The quantitative estimate of drug-likeness (QED) is 0.433. The van der Waals surface area contributed by atoms with Crippen LogP contribution in [-0.4, -0.2) is 59.5 Å². The highest BCUT2D eigenvalue weighted by molar-refractivity contribution is 5.99. The van der Waals surface area contributed by atoms with Gasteiger partial charge in [0.1, 0.15) is 17.3 Å². The number of piperazine rings is 1. The van der Waals surface area contributed by atoms with Crippen molar-refractivity contribution in [2.24, 2.45) is 0 Å². The molecule has 4 aromatic rings. The van der Waals surface area contributed by atoms with E-state index in [-0.39, 0.29) is 24.2 Å². The van der Waals surface area contributed by atoms with Crippen molar-refractivity contribution in [3.8, 4) is 5.75 Å². The van der Waals surface area contributed by atoms with E-state index < -0.39 is 0 Å². The van der Waals surface area contributed by atoms with Crippen molar-refractivity contribution in [1.29, 1.82) is 0 Å². The van der Waals surface area contributed by atoms with Gasteiger partial charge < -0.3 is 19.1 Å². The predicted octanol–water partition coefficient (Wildman–Crippen LogP) is 4.44. The maximum Gasteiger partial charge on any atom is 0.270 e. The minimum Gasteiger partial charge on any atom is -0.497 e. The predicted molar refractivity (Wildman–Crippen MR) is 132 cm³/mol. The first kappa shape index (κ1) is 22.7. The Balaban J connectivity index is 1.36. The molecule has 0 spiro atoms. The second kappa shape index (κ2) is 9.62. The van der Waals surface area contributed by atoms with Gasteiger partial charge in [-0.3, -0.25) is 9.59 Å². The number of halogens is 1. The zero-order valence-corrected chi connectivity index (χ0v) is 19.5. The smallest absolute Gasteiger partial charge is 0.270 e. The lowest BCUT2D eigenvalue weighted by Gasteiger charge is -2.35. The molecule has 2 amide bonds. The van der Waals surface area contributed by atoms with Crippen molar-refractivity contribution < 1.29 is 18.7 Å². The molecule has 6 nitrogen and oxygen atoms in total. The number of nitrogens with zero attached hydrogens (tertiary/aromatic N) is 3. The van der Waals surface area contributed by atoms with Crippen molar-refractivity contribution in [1.82, 2.24) is 14.4 Å². The van der Waals surface area contributed by atoms with Gasteiger partial charge in [0.05, 0.1) is 13.7 Å². The zero-order valence-electron chi connectivity index (χ0n) is 19.5. The Morgan fingerprint density at radius 3 is 2.26 bits per heavy atom. The van der Waals surface area contributed by atoms with E-state index >= 15 is 0 Å². The fourth-order valence-electron chi connectivity index (χ4n) is 4.57. The first-order valence-electron chi connectivity index (χ1n) is 11.6. The van der Waals surface area contributed by atoms with Crippen molar-refractivity contribution in [2.75, 3.05) is 33.3 Å². The average Bonchev–Trinajstić information content (AvgIpc) is 3.27. The van der Waals surface area contributed by atoms with E-state index in [0.29, 0.717) is 48.7 Å².